The maximum Gasteiger partial charge on any atom is 0.0316 e. The van der Waals surface area contributed by atoms with E-state index in [0.717, 1.165) is 11.4 Å². The van der Waals surface area contributed by atoms with Gasteiger partial charge in [0.15, 0.2) is 0 Å². The molecule has 46 heavy (non-hydrogen) atoms. The first-order valence-electron chi connectivity index (χ1n) is 18.2. The van der Waals surface area contributed by atoms with Crippen LogP contribution in [-0.4, -0.2) is 0 Å². The Hall–Kier alpha value is -3.52. The molecule has 0 heterocycles. The summed E-state index contributed by atoms with van der Waals surface area (Å²) in [6, 6.07) is 31.2. The van der Waals surface area contributed by atoms with E-state index in [2.05, 4.69) is 100 Å². The fourth-order valence-corrected chi connectivity index (χ4v) is 7.10. The second kappa shape index (κ2) is 18.6. The van der Waals surface area contributed by atoms with Gasteiger partial charge in [0.1, 0.15) is 0 Å². The minimum absolute atomic E-state index is 0.393. The largest absolute Gasteiger partial charge is 0.399 e. The minimum atomic E-state index is 0.393. The molecule has 0 saturated heterocycles. The summed E-state index contributed by atoms with van der Waals surface area (Å²) < 4.78 is 0. The molecule has 2 heteroatoms. The fraction of sp³-hybridized carbons (Fsp3) is 0.455. The van der Waals surface area contributed by atoms with E-state index in [9.17, 15) is 0 Å². The van der Waals surface area contributed by atoms with Gasteiger partial charge in [-0.2, -0.15) is 0 Å². The van der Waals surface area contributed by atoms with Gasteiger partial charge in [-0.15, -0.1) is 0 Å². The molecule has 0 spiro atoms. The topological polar surface area (TPSA) is 52.0 Å². The lowest BCUT2D eigenvalue weighted by molar-refractivity contribution is 0.540. The summed E-state index contributed by atoms with van der Waals surface area (Å²) in [5, 5.41) is 0. The molecular formula is C44H60N2. The molecule has 0 aliphatic heterocycles. The van der Waals surface area contributed by atoms with E-state index in [1.807, 2.05) is 12.1 Å². The van der Waals surface area contributed by atoms with Crippen molar-refractivity contribution in [3.63, 3.8) is 0 Å². The Morgan fingerprint density at radius 2 is 0.717 bits per heavy atom. The number of aryl methyl sites for hydroxylation is 4. The normalized spacial score (nSPS) is 12.7. The maximum atomic E-state index is 5.94. The SMILES string of the molecule is Cc1cc(N)ccc1C(C)c1ccc(CCCCCCCCCCCCCCc2ccc(C(C)c3ccc(N)cc3C)cc2)cc1. The molecule has 2 nitrogen and oxygen atoms in total. The van der Waals surface area contributed by atoms with Crippen LogP contribution in [0.5, 0.6) is 0 Å². The lowest BCUT2D eigenvalue weighted by Gasteiger charge is -2.16. The van der Waals surface area contributed by atoms with Crippen LogP contribution in [0.4, 0.5) is 11.4 Å². The Kier molecular flexibility index (Phi) is 14.3. The first kappa shape index (κ1) is 35.3. The number of nitrogens with two attached hydrogens (primary N) is 2. The minimum Gasteiger partial charge on any atom is -0.399 e. The Balaban J connectivity index is 0.972. The molecule has 0 aliphatic rings. The number of hydrogen-bond donors (Lipinski definition) is 2. The summed E-state index contributed by atoms with van der Waals surface area (Å²) in [5.41, 5.74) is 24.6. The van der Waals surface area contributed by atoms with Gasteiger partial charge in [0.25, 0.3) is 0 Å². The van der Waals surface area contributed by atoms with Crippen molar-refractivity contribution >= 4 is 11.4 Å². The van der Waals surface area contributed by atoms with Crippen molar-refractivity contribution in [2.24, 2.45) is 0 Å². The third-order valence-electron chi connectivity index (χ3n) is 10.2. The van der Waals surface area contributed by atoms with E-state index in [1.165, 1.54) is 134 Å². The quantitative estimate of drug-likeness (QED) is 0.0813. The van der Waals surface area contributed by atoms with Crippen LogP contribution in [0, 0.1) is 13.8 Å². The Morgan fingerprint density at radius 3 is 1.02 bits per heavy atom. The maximum absolute atomic E-state index is 5.94. The van der Waals surface area contributed by atoms with Gasteiger partial charge in [-0.3, -0.25) is 0 Å². The van der Waals surface area contributed by atoms with Gasteiger partial charge in [0, 0.05) is 23.2 Å². The van der Waals surface area contributed by atoms with Gasteiger partial charge in [-0.25, -0.2) is 0 Å². The number of anilines is 2. The Labute approximate surface area is 281 Å². The second-order valence-electron chi connectivity index (χ2n) is 13.9. The van der Waals surface area contributed by atoms with Crippen molar-refractivity contribution in [1.29, 1.82) is 0 Å². The van der Waals surface area contributed by atoms with Gasteiger partial charge in [0.2, 0.25) is 0 Å². The standard InChI is InChI=1S/C44H60N2/c1-33-31-41(45)27-29-43(33)35(3)39-23-19-37(20-24-39)17-15-13-11-9-7-5-6-8-10-12-14-16-18-38-21-25-40(26-22-38)36(4)44-30-28-42(46)32-34(44)2/h19-32,35-36H,5-18,45-46H2,1-4H3. The smallest absolute Gasteiger partial charge is 0.0316 e. The number of unbranched alkanes of at least 4 members (excludes halogenated alkanes) is 11. The lowest BCUT2D eigenvalue weighted by atomic mass is 9.89. The monoisotopic (exact) mass is 616 g/mol. The highest BCUT2D eigenvalue weighted by Crippen LogP contribution is 2.30. The number of nitrogen functional groups attached to an aromatic ring is 2. The molecule has 4 aromatic carbocycles. The van der Waals surface area contributed by atoms with Gasteiger partial charge >= 0.3 is 0 Å². The molecule has 4 rings (SSSR count). The van der Waals surface area contributed by atoms with E-state index in [1.54, 1.807) is 0 Å². The van der Waals surface area contributed by atoms with Crippen LogP contribution in [0.1, 0.15) is 147 Å². The molecule has 0 radical (unpaired) electrons. The summed E-state index contributed by atoms with van der Waals surface area (Å²) in [4.78, 5) is 0. The molecule has 0 saturated carbocycles. The van der Waals surface area contributed by atoms with Crippen LogP contribution in [0.15, 0.2) is 84.9 Å². The zero-order chi connectivity index (χ0) is 32.7. The van der Waals surface area contributed by atoms with E-state index in [0.29, 0.717) is 11.8 Å². The molecular weight excluding hydrogens is 556 g/mol. The molecule has 0 aromatic heterocycles. The van der Waals surface area contributed by atoms with Crippen LogP contribution in [-0.2, 0) is 12.8 Å². The molecule has 0 amide bonds. The molecule has 4 aromatic rings. The summed E-state index contributed by atoms with van der Waals surface area (Å²) in [6.45, 7) is 8.90. The average Bonchev–Trinajstić information content (AvgIpc) is 3.05. The van der Waals surface area contributed by atoms with Gasteiger partial charge < -0.3 is 11.5 Å². The van der Waals surface area contributed by atoms with E-state index in [-0.39, 0.29) is 0 Å². The van der Waals surface area contributed by atoms with Crippen LogP contribution >= 0.6 is 0 Å². The molecule has 2 atom stereocenters. The van der Waals surface area contributed by atoms with Crippen molar-refractivity contribution in [1.82, 2.24) is 0 Å². The molecule has 2 unspecified atom stereocenters. The second-order valence-corrected chi connectivity index (χ2v) is 13.9. The van der Waals surface area contributed by atoms with Crippen LogP contribution in [0.2, 0.25) is 0 Å². The van der Waals surface area contributed by atoms with Gasteiger partial charge in [0.05, 0.1) is 0 Å². The highest BCUT2D eigenvalue weighted by molar-refractivity contribution is 5.48. The molecule has 4 N–H and O–H groups in total. The molecule has 0 aliphatic carbocycles. The predicted molar refractivity (Wildman–Crippen MR) is 202 cm³/mol. The molecule has 0 bridgehead atoms. The highest BCUT2D eigenvalue weighted by Gasteiger charge is 2.12. The van der Waals surface area contributed by atoms with E-state index >= 15 is 0 Å². The van der Waals surface area contributed by atoms with Crippen LogP contribution in [0.3, 0.4) is 0 Å². The fourth-order valence-electron chi connectivity index (χ4n) is 7.10. The van der Waals surface area contributed by atoms with Crippen LogP contribution < -0.4 is 11.5 Å². The van der Waals surface area contributed by atoms with Gasteiger partial charge in [-0.05, 0) is 108 Å². The summed E-state index contributed by atoms with van der Waals surface area (Å²) in [7, 11) is 0. The Morgan fingerprint density at radius 1 is 0.413 bits per heavy atom. The highest BCUT2D eigenvalue weighted by atomic mass is 14.5. The zero-order valence-electron chi connectivity index (χ0n) is 29.3. The third-order valence-corrected chi connectivity index (χ3v) is 10.2. The average molecular weight is 617 g/mol. The van der Waals surface area contributed by atoms with E-state index < -0.39 is 0 Å². The summed E-state index contributed by atoms with van der Waals surface area (Å²) >= 11 is 0. The van der Waals surface area contributed by atoms with Crippen molar-refractivity contribution < 1.29 is 0 Å². The number of benzene rings is 4. The zero-order valence-corrected chi connectivity index (χ0v) is 29.3. The van der Waals surface area contributed by atoms with Crippen LogP contribution in [0.25, 0.3) is 0 Å². The van der Waals surface area contributed by atoms with Gasteiger partial charge in [-0.1, -0.05) is 139 Å². The molecule has 0 fully saturated rings. The first-order valence-corrected chi connectivity index (χ1v) is 18.2. The number of hydrogen-bond acceptors (Lipinski definition) is 2. The molecule has 246 valence electrons. The van der Waals surface area contributed by atoms with Crippen molar-refractivity contribution in [3.05, 3.63) is 129 Å². The van der Waals surface area contributed by atoms with Crippen molar-refractivity contribution in [3.8, 4) is 0 Å². The summed E-state index contributed by atoms with van der Waals surface area (Å²) in [5.74, 6) is 0.787. The van der Waals surface area contributed by atoms with Crippen molar-refractivity contribution in [2.75, 3.05) is 11.5 Å². The first-order chi connectivity index (χ1) is 22.3. The number of rotatable bonds is 19. The third kappa shape index (κ3) is 11.1. The predicted octanol–water partition coefficient (Wildman–Crippen LogP) is 12.2. The van der Waals surface area contributed by atoms with Crippen molar-refractivity contribution in [2.45, 2.75) is 129 Å². The Bertz CT molecular complexity index is 1340. The van der Waals surface area contributed by atoms with E-state index in [4.69, 9.17) is 11.5 Å². The lowest BCUT2D eigenvalue weighted by Crippen LogP contribution is -2.00. The summed E-state index contributed by atoms with van der Waals surface area (Å²) in [6.07, 6.45) is 18.9.